The van der Waals surface area contributed by atoms with E-state index in [1.165, 1.54) is 5.43 Å². The maximum absolute atomic E-state index is 10.4. The Morgan fingerprint density at radius 2 is 1.55 bits per heavy atom. The average molecular weight is 294 g/mol. The van der Waals surface area contributed by atoms with Crippen LogP contribution in [0.1, 0.15) is 26.2 Å². The second-order valence-electron chi connectivity index (χ2n) is 2.34. The Kier molecular flexibility index (Phi) is 46.4. The molecule has 0 saturated carbocycles. The van der Waals surface area contributed by atoms with Crippen molar-refractivity contribution in [3.05, 3.63) is 9.81 Å². The van der Waals surface area contributed by atoms with Gasteiger partial charge in [-0.05, 0) is 6.42 Å². The number of carbonyl (C=O) groups is 4. The average Bonchev–Trinajstić information content (AvgIpc) is 2.40. The minimum absolute atomic E-state index is 0.201. The van der Waals surface area contributed by atoms with E-state index in [2.05, 4.69) is 16.8 Å². The van der Waals surface area contributed by atoms with Crippen LogP contribution in [0.5, 0.6) is 0 Å². The Hall–Kier alpha value is -2.92. The lowest BCUT2D eigenvalue weighted by Gasteiger charge is -1.91. The predicted octanol–water partition coefficient (Wildman–Crippen LogP) is -1.41. The molecular weight excluding hydrogens is 276 g/mol. The molecule has 116 valence electrons. The zero-order valence-corrected chi connectivity index (χ0v) is 10.9. The standard InChI is InChI=1S/C5H10N2O2.CH2N2O2.2CH3NO/c1-2-3-4-5(8)6-7-9;4-1-2-3-5;2*2-1-3/h2-4H2,1H3,(H,6,8,9);1H,(H,2,4,5);2*1H,(H2,2,3). The molecule has 0 spiro atoms. The number of hydrogen-bond donors (Lipinski definition) is 4. The fraction of sp³-hybridized carbons (Fsp3) is 0.500. The van der Waals surface area contributed by atoms with Gasteiger partial charge in [-0.25, -0.2) is 10.9 Å². The maximum Gasteiger partial charge on any atom is 0.242 e. The zero-order chi connectivity index (χ0) is 16.6. The molecule has 0 rings (SSSR count). The molecule has 0 aliphatic carbocycles. The van der Waals surface area contributed by atoms with E-state index in [0.29, 0.717) is 6.42 Å². The number of nitrogens with zero attached hydrogens (tertiary/aromatic N) is 2. The van der Waals surface area contributed by atoms with Gasteiger partial charge in [0.05, 0.1) is 10.6 Å². The van der Waals surface area contributed by atoms with Crippen LogP contribution in [-0.4, -0.2) is 25.1 Å². The lowest BCUT2D eigenvalue weighted by atomic mass is 10.2. The lowest BCUT2D eigenvalue weighted by Crippen LogP contribution is -2.15. The normalized spacial score (nSPS) is 6.45. The summed E-state index contributed by atoms with van der Waals surface area (Å²) < 4.78 is 0. The van der Waals surface area contributed by atoms with Gasteiger partial charge in [-0.3, -0.25) is 19.2 Å². The molecule has 0 aliphatic rings. The fourth-order valence-corrected chi connectivity index (χ4v) is 0.466. The van der Waals surface area contributed by atoms with Crippen LogP contribution in [-0.2, 0) is 19.2 Å². The number of nitroso groups, excluding NO2 is 2. The molecule has 4 amide bonds. The number of amides is 4. The third-order valence-electron chi connectivity index (χ3n) is 1.03. The highest BCUT2D eigenvalue weighted by molar-refractivity contribution is 5.75. The van der Waals surface area contributed by atoms with Crippen molar-refractivity contribution in [2.24, 2.45) is 22.0 Å². The molecule has 0 unspecified atom stereocenters. The molecule has 12 nitrogen and oxygen atoms in total. The highest BCUT2D eigenvalue weighted by Crippen LogP contribution is 1.92. The quantitative estimate of drug-likeness (QED) is 0.263. The first-order valence-corrected chi connectivity index (χ1v) is 4.99. The topological polar surface area (TPSA) is 203 Å². The molecule has 0 aromatic heterocycles. The van der Waals surface area contributed by atoms with E-state index in [1.54, 1.807) is 0 Å². The van der Waals surface area contributed by atoms with Gasteiger partial charge < -0.3 is 11.5 Å². The first-order valence-electron chi connectivity index (χ1n) is 4.99. The maximum atomic E-state index is 10.4. The Bertz CT molecular complexity index is 250. The van der Waals surface area contributed by atoms with Crippen LogP contribution in [0.15, 0.2) is 10.6 Å². The van der Waals surface area contributed by atoms with Gasteiger partial charge in [0.25, 0.3) is 0 Å². The Balaban J connectivity index is -0.0000000983. The van der Waals surface area contributed by atoms with Crippen molar-refractivity contribution in [3.63, 3.8) is 0 Å². The largest absolute Gasteiger partial charge is 0.372 e. The molecule has 12 heteroatoms. The summed E-state index contributed by atoms with van der Waals surface area (Å²) in [5.74, 6) is -0.299. The van der Waals surface area contributed by atoms with Crippen molar-refractivity contribution in [1.29, 1.82) is 0 Å². The summed E-state index contributed by atoms with van der Waals surface area (Å²) in [6, 6.07) is 0. The summed E-state index contributed by atoms with van der Waals surface area (Å²) in [6.07, 6.45) is 2.85. The molecule has 0 aromatic carbocycles. The zero-order valence-electron chi connectivity index (χ0n) is 10.9. The lowest BCUT2D eigenvalue weighted by molar-refractivity contribution is -0.121. The fourth-order valence-electron chi connectivity index (χ4n) is 0.466. The molecule has 6 N–H and O–H groups in total. The summed E-state index contributed by atoms with van der Waals surface area (Å²) in [5.41, 5.74) is 11.6. The van der Waals surface area contributed by atoms with Gasteiger partial charge in [0, 0.05) is 6.42 Å². The third-order valence-corrected chi connectivity index (χ3v) is 1.03. The number of primary amides is 2. The van der Waals surface area contributed by atoms with Crippen LogP contribution in [0.2, 0.25) is 0 Å². The van der Waals surface area contributed by atoms with Crippen LogP contribution < -0.4 is 22.3 Å². The minimum Gasteiger partial charge on any atom is -0.372 e. The number of unbranched alkanes of at least 4 members (excludes halogenated alkanes) is 1. The molecule has 20 heavy (non-hydrogen) atoms. The van der Waals surface area contributed by atoms with E-state index in [9.17, 15) is 9.70 Å². The minimum atomic E-state index is -0.299. The molecule has 0 bridgehead atoms. The molecule has 0 atom stereocenters. The first-order chi connectivity index (χ1) is 9.55. The van der Waals surface area contributed by atoms with E-state index in [4.69, 9.17) is 19.3 Å². The second-order valence-corrected chi connectivity index (χ2v) is 2.34. The highest BCUT2D eigenvalue weighted by atomic mass is 16.3. The monoisotopic (exact) mass is 294 g/mol. The number of nitrogens with two attached hydrogens (primary N) is 2. The second kappa shape index (κ2) is 36.0. The molecular formula is C8H18N6O6. The summed E-state index contributed by atoms with van der Waals surface area (Å²) in [4.78, 5) is 54.8. The van der Waals surface area contributed by atoms with E-state index in [1.807, 2.05) is 17.6 Å². The molecule has 0 aromatic rings. The van der Waals surface area contributed by atoms with Crippen LogP contribution in [0.3, 0.4) is 0 Å². The van der Waals surface area contributed by atoms with E-state index in [-0.39, 0.29) is 25.1 Å². The number of rotatable bonds is 6. The summed E-state index contributed by atoms with van der Waals surface area (Å²) in [7, 11) is 0. The molecule has 0 heterocycles. The summed E-state index contributed by atoms with van der Waals surface area (Å²) >= 11 is 0. The van der Waals surface area contributed by atoms with E-state index in [0.717, 1.165) is 12.8 Å². The van der Waals surface area contributed by atoms with Gasteiger partial charge in [0.2, 0.25) is 25.1 Å². The molecule has 0 radical (unpaired) electrons. The van der Waals surface area contributed by atoms with E-state index < -0.39 is 0 Å². The van der Waals surface area contributed by atoms with Crippen LogP contribution in [0.4, 0.5) is 0 Å². The van der Waals surface area contributed by atoms with Gasteiger partial charge in [0.1, 0.15) is 0 Å². The van der Waals surface area contributed by atoms with Crippen LogP contribution >= 0.6 is 0 Å². The van der Waals surface area contributed by atoms with Crippen molar-refractivity contribution in [3.8, 4) is 0 Å². The van der Waals surface area contributed by atoms with Crippen LogP contribution in [0, 0.1) is 9.81 Å². The smallest absolute Gasteiger partial charge is 0.242 e. The molecule has 0 saturated heterocycles. The number of hydrogen-bond acceptors (Lipinski definition) is 8. The van der Waals surface area contributed by atoms with Crippen molar-refractivity contribution in [2.45, 2.75) is 26.2 Å². The Morgan fingerprint density at radius 1 is 1.10 bits per heavy atom. The third kappa shape index (κ3) is 80.9. The van der Waals surface area contributed by atoms with Crippen LogP contribution in [0.25, 0.3) is 0 Å². The predicted molar refractivity (Wildman–Crippen MR) is 69.0 cm³/mol. The first kappa shape index (κ1) is 25.8. The summed E-state index contributed by atoms with van der Waals surface area (Å²) in [6.45, 7) is 1.97. The Labute approximate surface area is 114 Å². The van der Waals surface area contributed by atoms with Crippen molar-refractivity contribution >= 4 is 25.1 Å². The van der Waals surface area contributed by atoms with Crippen molar-refractivity contribution in [1.82, 2.24) is 10.9 Å². The SMILES string of the molecule is CCCCC(=O)NN=O.NC=O.NC=O.O=CNN=O. The van der Waals surface area contributed by atoms with Gasteiger partial charge in [-0.2, -0.15) is 0 Å². The van der Waals surface area contributed by atoms with Gasteiger partial charge in [-0.15, -0.1) is 9.81 Å². The summed E-state index contributed by atoms with van der Waals surface area (Å²) in [5, 5.41) is 4.23. The van der Waals surface area contributed by atoms with Crippen molar-refractivity contribution in [2.75, 3.05) is 0 Å². The van der Waals surface area contributed by atoms with Crippen molar-refractivity contribution < 1.29 is 19.2 Å². The van der Waals surface area contributed by atoms with E-state index >= 15 is 0 Å². The highest BCUT2D eigenvalue weighted by Gasteiger charge is 1.96. The van der Waals surface area contributed by atoms with Gasteiger partial charge in [0.15, 0.2) is 0 Å². The Morgan fingerprint density at radius 3 is 1.75 bits per heavy atom. The number of carbonyl (C=O) groups excluding carboxylic acids is 4. The molecule has 0 fully saturated rings. The number of nitrogens with one attached hydrogen (secondary N) is 2. The van der Waals surface area contributed by atoms with Gasteiger partial charge in [-0.1, -0.05) is 13.3 Å². The van der Waals surface area contributed by atoms with Gasteiger partial charge >= 0.3 is 0 Å². The molecule has 0 aliphatic heterocycles.